The second kappa shape index (κ2) is 7.40. The van der Waals surface area contributed by atoms with Crippen molar-refractivity contribution in [1.82, 2.24) is 29.7 Å². The summed E-state index contributed by atoms with van der Waals surface area (Å²) >= 11 is 0. The fraction of sp³-hybridized carbons (Fsp3) is 0.619. The van der Waals surface area contributed by atoms with Crippen LogP contribution in [0.25, 0.3) is 5.65 Å². The first-order chi connectivity index (χ1) is 13.8. The minimum absolute atomic E-state index is 0.00774. The van der Waals surface area contributed by atoms with E-state index in [-0.39, 0.29) is 23.4 Å². The number of likely N-dealkylation sites (tertiary alicyclic amines) is 2. The van der Waals surface area contributed by atoms with E-state index >= 15 is 0 Å². The topological polar surface area (TPSA) is 82.8 Å². The molecular formula is C21H30N6O2. The van der Waals surface area contributed by atoms with Crippen LogP contribution in [-0.4, -0.2) is 67.4 Å². The summed E-state index contributed by atoms with van der Waals surface area (Å²) in [5, 5.41) is 7.66. The normalized spacial score (nSPS) is 21.8. The van der Waals surface area contributed by atoms with E-state index in [4.69, 9.17) is 4.98 Å². The Hall–Kier alpha value is -2.48. The van der Waals surface area contributed by atoms with Crippen molar-refractivity contribution >= 4 is 17.5 Å². The predicted octanol–water partition coefficient (Wildman–Crippen LogP) is 1.44. The third kappa shape index (κ3) is 3.73. The first-order valence-corrected chi connectivity index (χ1v) is 10.4. The van der Waals surface area contributed by atoms with Crippen molar-refractivity contribution in [2.24, 2.45) is 0 Å². The summed E-state index contributed by atoms with van der Waals surface area (Å²) in [6.45, 7) is 10.4. The van der Waals surface area contributed by atoms with Crippen molar-refractivity contribution in [1.29, 1.82) is 0 Å². The molecule has 0 aliphatic carbocycles. The lowest BCUT2D eigenvalue weighted by molar-refractivity contribution is -0.131. The number of hydrogen-bond acceptors (Lipinski definition) is 5. The van der Waals surface area contributed by atoms with Gasteiger partial charge in [-0.3, -0.25) is 14.5 Å². The Morgan fingerprint density at radius 2 is 1.97 bits per heavy atom. The molecule has 0 radical (unpaired) electrons. The van der Waals surface area contributed by atoms with Crippen molar-refractivity contribution in [2.75, 3.05) is 19.6 Å². The molecule has 2 aromatic heterocycles. The van der Waals surface area contributed by atoms with Crippen molar-refractivity contribution in [3.8, 4) is 0 Å². The molecule has 1 N–H and O–H groups in total. The molecule has 2 amide bonds. The Morgan fingerprint density at radius 1 is 1.24 bits per heavy atom. The Kier molecular flexibility index (Phi) is 5.06. The van der Waals surface area contributed by atoms with E-state index in [1.807, 2.05) is 35.5 Å². The number of aryl methyl sites for hydroxylation is 2. The van der Waals surface area contributed by atoms with Gasteiger partial charge in [0.1, 0.15) is 0 Å². The summed E-state index contributed by atoms with van der Waals surface area (Å²) < 4.78 is 1.90. The van der Waals surface area contributed by atoms with Crippen LogP contribution in [0.5, 0.6) is 0 Å². The smallest absolute Gasteiger partial charge is 0.219 e. The third-order valence-electron chi connectivity index (χ3n) is 6.50. The maximum absolute atomic E-state index is 11.8. The van der Waals surface area contributed by atoms with E-state index in [1.54, 1.807) is 13.8 Å². The lowest BCUT2D eigenvalue weighted by Gasteiger charge is -2.44. The van der Waals surface area contributed by atoms with E-state index in [0.717, 1.165) is 68.0 Å². The van der Waals surface area contributed by atoms with E-state index in [9.17, 15) is 9.59 Å². The highest BCUT2D eigenvalue weighted by Crippen LogP contribution is 2.40. The number of piperidine rings is 1. The average molecular weight is 399 g/mol. The molecule has 2 aliphatic rings. The zero-order chi connectivity index (χ0) is 20.8. The summed E-state index contributed by atoms with van der Waals surface area (Å²) in [7, 11) is 0. The molecule has 0 saturated carbocycles. The fourth-order valence-corrected chi connectivity index (χ4v) is 5.12. The standard InChI is InChI=1S/C21H30N6O2/c1-14-9-15(2)27-20(23-14)18(11-22-27)12-26-13-19(24-16(3)28)10-21(26)5-7-25(8-6-21)17(4)29/h9,11,19H,5-8,10,12-13H2,1-4H3,(H,24,28). The van der Waals surface area contributed by atoms with Gasteiger partial charge in [0, 0.05) is 68.6 Å². The van der Waals surface area contributed by atoms with Gasteiger partial charge in [0.15, 0.2) is 5.65 Å². The molecule has 0 aromatic carbocycles. The van der Waals surface area contributed by atoms with Crippen LogP contribution in [0.3, 0.4) is 0 Å². The van der Waals surface area contributed by atoms with Gasteiger partial charge in [0.25, 0.3) is 0 Å². The Bertz CT molecular complexity index is 944. The molecule has 29 heavy (non-hydrogen) atoms. The van der Waals surface area contributed by atoms with Gasteiger partial charge in [-0.15, -0.1) is 0 Å². The first-order valence-electron chi connectivity index (χ1n) is 10.4. The highest BCUT2D eigenvalue weighted by atomic mass is 16.2. The minimum atomic E-state index is -0.00774. The largest absolute Gasteiger partial charge is 0.352 e. The number of nitrogens with one attached hydrogen (secondary N) is 1. The molecule has 0 bridgehead atoms. The molecule has 2 saturated heterocycles. The molecule has 1 atom stereocenters. The number of carbonyl (C=O) groups excluding carboxylic acids is 2. The quantitative estimate of drug-likeness (QED) is 0.846. The summed E-state index contributed by atoms with van der Waals surface area (Å²) in [4.78, 5) is 32.6. The van der Waals surface area contributed by atoms with Crippen LogP contribution < -0.4 is 5.32 Å². The number of hydrogen-bond donors (Lipinski definition) is 1. The zero-order valence-corrected chi connectivity index (χ0v) is 17.7. The van der Waals surface area contributed by atoms with Crippen molar-refractivity contribution in [3.05, 3.63) is 29.2 Å². The van der Waals surface area contributed by atoms with E-state index in [0.29, 0.717) is 0 Å². The van der Waals surface area contributed by atoms with Crippen LogP contribution >= 0.6 is 0 Å². The lowest BCUT2D eigenvalue weighted by Crippen LogP contribution is -2.52. The molecule has 4 rings (SSSR count). The number of rotatable bonds is 3. The van der Waals surface area contributed by atoms with Gasteiger partial charge >= 0.3 is 0 Å². The Labute approximate surface area is 171 Å². The van der Waals surface area contributed by atoms with E-state index < -0.39 is 0 Å². The van der Waals surface area contributed by atoms with E-state index in [2.05, 4.69) is 15.3 Å². The van der Waals surface area contributed by atoms with Gasteiger partial charge in [-0.1, -0.05) is 0 Å². The van der Waals surface area contributed by atoms with Crippen LogP contribution in [0.1, 0.15) is 50.1 Å². The van der Waals surface area contributed by atoms with Crippen molar-refractivity contribution in [3.63, 3.8) is 0 Å². The summed E-state index contributed by atoms with van der Waals surface area (Å²) in [6.07, 6.45) is 4.68. The highest BCUT2D eigenvalue weighted by molar-refractivity contribution is 5.73. The van der Waals surface area contributed by atoms with Crippen LogP contribution in [0.15, 0.2) is 12.3 Å². The molecule has 1 unspecified atom stereocenters. The van der Waals surface area contributed by atoms with Gasteiger partial charge in [0.05, 0.1) is 6.20 Å². The van der Waals surface area contributed by atoms with Gasteiger partial charge in [0.2, 0.25) is 11.8 Å². The minimum Gasteiger partial charge on any atom is -0.352 e. The molecule has 2 fully saturated rings. The number of carbonyl (C=O) groups is 2. The van der Waals surface area contributed by atoms with Gasteiger partial charge in [-0.2, -0.15) is 5.10 Å². The molecule has 2 aliphatic heterocycles. The highest BCUT2D eigenvalue weighted by Gasteiger charge is 2.47. The predicted molar refractivity (Wildman–Crippen MR) is 109 cm³/mol. The molecule has 4 heterocycles. The monoisotopic (exact) mass is 398 g/mol. The Balaban J connectivity index is 1.61. The maximum Gasteiger partial charge on any atom is 0.219 e. The van der Waals surface area contributed by atoms with E-state index in [1.165, 1.54) is 0 Å². The van der Waals surface area contributed by atoms with Gasteiger partial charge in [-0.25, -0.2) is 9.50 Å². The third-order valence-corrected chi connectivity index (χ3v) is 6.50. The number of nitrogens with zero attached hydrogens (tertiary/aromatic N) is 5. The molecule has 1 spiro atoms. The number of aromatic nitrogens is 3. The van der Waals surface area contributed by atoms with Crippen LogP contribution in [-0.2, 0) is 16.1 Å². The fourth-order valence-electron chi connectivity index (χ4n) is 5.12. The number of amides is 2. The van der Waals surface area contributed by atoms with Gasteiger partial charge < -0.3 is 10.2 Å². The summed E-state index contributed by atoms with van der Waals surface area (Å²) in [6, 6.07) is 2.17. The second-order valence-electron chi connectivity index (χ2n) is 8.66. The Morgan fingerprint density at radius 3 is 2.62 bits per heavy atom. The summed E-state index contributed by atoms with van der Waals surface area (Å²) in [5.74, 6) is 0.151. The SMILES string of the molecule is CC(=O)NC1CN(Cc2cnn3c(C)cc(C)nc23)C2(CCN(C(C)=O)CC2)C1. The molecule has 8 nitrogen and oxygen atoms in total. The molecule has 156 valence electrons. The average Bonchev–Trinajstić information content (AvgIpc) is 3.17. The van der Waals surface area contributed by atoms with Crippen LogP contribution in [0.4, 0.5) is 0 Å². The molecule has 8 heteroatoms. The van der Waals surface area contributed by atoms with Crippen LogP contribution in [0, 0.1) is 13.8 Å². The second-order valence-corrected chi connectivity index (χ2v) is 8.66. The summed E-state index contributed by atoms with van der Waals surface area (Å²) in [5.41, 5.74) is 4.06. The first kappa shape index (κ1) is 19.8. The molecular weight excluding hydrogens is 368 g/mol. The van der Waals surface area contributed by atoms with Gasteiger partial charge in [-0.05, 0) is 39.2 Å². The zero-order valence-electron chi connectivity index (χ0n) is 17.7. The number of fused-ring (bicyclic) bond motifs is 1. The van der Waals surface area contributed by atoms with Crippen LogP contribution in [0.2, 0.25) is 0 Å². The molecule has 2 aromatic rings. The maximum atomic E-state index is 11.8. The van der Waals surface area contributed by atoms with Crippen molar-refractivity contribution in [2.45, 2.75) is 65.1 Å². The lowest BCUT2D eigenvalue weighted by atomic mass is 9.84. The van der Waals surface area contributed by atoms with Crippen molar-refractivity contribution < 1.29 is 9.59 Å².